The lowest BCUT2D eigenvalue weighted by molar-refractivity contribution is 0.307. The van der Waals surface area contributed by atoms with Gasteiger partial charge in [0.25, 0.3) is 0 Å². The number of aryl methyl sites for hydroxylation is 1. The third kappa shape index (κ3) is 3.54. The van der Waals surface area contributed by atoms with Crippen LogP contribution in [0.4, 0.5) is 0 Å². The largest absolute Gasteiger partial charge is 0.497 e. The molecular weight excluding hydrogens is 390 g/mol. The summed E-state index contributed by atoms with van der Waals surface area (Å²) in [6, 6.07) is 10.9. The summed E-state index contributed by atoms with van der Waals surface area (Å²) in [4.78, 5) is 0.198. The molecule has 0 unspecified atom stereocenters. The SMILES string of the molecule is COc1ccc(S(=O)(=O)C2CN(S(=O)(=O)c3cc(C)ccc3OC)C2)cc1. The molecule has 0 spiro atoms. The van der Waals surface area contributed by atoms with E-state index in [1.165, 1.54) is 32.4 Å². The molecule has 3 rings (SSSR count). The lowest BCUT2D eigenvalue weighted by Gasteiger charge is -2.37. The second kappa shape index (κ2) is 7.14. The van der Waals surface area contributed by atoms with Crippen molar-refractivity contribution in [2.75, 3.05) is 27.3 Å². The minimum atomic E-state index is -3.83. The molecule has 0 radical (unpaired) electrons. The lowest BCUT2D eigenvalue weighted by atomic mass is 10.2. The maximum Gasteiger partial charge on any atom is 0.246 e. The smallest absolute Gasteiger partial charge is 0.246 e. The molecule has 1 aliphatic heterocycles. The van der Waals surface area contributed by atoms with Crippen LogP contribution in [-0.4, -0.2) is 53.7 Å². The fourth-order valence-corrected chi connectivity index (χ4v) is 6.49. The predicted molar refractivity (Wildman–Crippen MR) is 100 cm³/mol. The van der Waals surface area contributed by atoms with Crippen molar-refractivity contribution >= 4 is 19.9 Å². The Bertz CT molecular complexity index is 1040. The van der Waals surface area contributed by atoms with E-state index in [9.17, 15) is 16.8 Å². The molecule has 0 aromatic heterocycles. The lowest BCUT2D eigenvalue weighted by Crippen LogP contribution is -2.56. The summed E-state index contributed by atoms with van der Waals surface area (Å²) < 4.78 is 62.5. The van der Waals surface area contributed by atoms with Crippen molar-refractivity contribution < 1.29 is 26.3 Å². The van der Waals surface area contributed by atoms with Crippen molar-refractivity contribution in [1.82, 2.24) is 4.31 Å². The highest BCUT2D eigenvalue weighted by atomic mass is 32.2. The Morgan fingerprint density at radius 1 is 0.926 bits per heavy atom. The van der Waals surface area contributed by atoms with Crippen LogP contribution < -0.4 is 9.47 Å². The molecular formula is C18H21NO6S2. The first-order valence-corrected chi connectivity index (χ1v) is 11.2. The van der Waals surface area contributed by atoms with E-state index >= 15 is 0 Å². The van der Waals surface area contributed by atoms with Gasteiger partial charge in [-0.05, 0) is 48.9 Å². The van der Waals surface area contributed by atoms with E-state index in [0.717, 1.165) is 9.87 Å². The van der Waals surface area contributed by atoms with Crippen molar-refractivity contribution in [2.24, 2.45) is 0 Å². The number of sulfonamides is 1. The van der Waals surface area contributed by atoms with Crippen LogP contribution in [0.5, 0.6) is 11.5 Å². The highest BCUT2D eigenvalue weighted by Crippen LogP contribution is 2.33. The predicted octanol–water partition coefficient (Wildman–Crippen LogP) is 1.86. The van der Waals surface area contributed by atoms with Gasteiger partial charge in [-0.1, -0.05) is 6.07 Å². The molecule has 0 aliphatic carbocycles. The standard InChI is InChI=1S/C18H21NO6S2/c1-13-4-9-17(25-3)18(10-13)27(22,23)19-11-16(12-19)26(20,21)15-7-5-14(24-2)6-8-15/h4-10,16H,11-12H2,1-3H3. The monoisotopic (exact) mass is 411 g/mol. The number of hydrogen-bond donors (Lipinski definition) is 0. The van der Waals surface area contributed by atoms with E-state index in [4.69, 9.17) is 9.47 Å². The summed E-state index contributed by atoms with van der Waals surface area (Å²) in [5, 5.41) is -0.781. The van der Waals surface area contributed by atoms with Crippen LogP contribution in [0.25, 0.3) is 0 Å². The molecule has 1 saturated heterocycles. The third-order valence-electron chi connectivity index (χ3n) is 4.58. The van der Waals surface area contributed by atoms with Gasteiger partial charge in [-0.3, -0.25) is 0 Å². The van der Waals surface area contributed by atoms with E-state index in [2.05, 4.69) is 0 Å². The summed E-state index contributed by atoms with van der Waals surface area (Å²) in [6.45, 7) is 1.60. The molecule has 0 atom stereocenters. The van der Waals surface area contributed by atoms with Crippen LogP contribution in [0.3, 0.4) is 0 Å². The van der Waals surface area contributed by atoms with Gasteiger partial charge in [-0.25, -0.2) is 16.8 Å². The molecule has 1 heterocycles. The molecule has 1 aliphatic rings. The first-order chi connectivity index (χ1) is 12.7. The fourth-order valence-electron chi connectivity index (χ4n) is 2.88. The summed E-state index contributed by atoms with van der Waals surface area (Å²) in [5.74, 6) is 0.792. The van der Waals surface area contributed by atoms with Gasteiger partial charge < -0.3 is 9.47 Å². The minimum absolute atomic E-state index is 0.0466. The number of ether oxygens (including phenoxy) is 2. The minimum Gasteiger partial charge on any atom is -0.497 e. The highest BCUT2D eigenvalue weighted by Gasteiger charge is 2.45. The maximum atomic E-state index is 12.9. The number of methoxy groups -OCH3 is 2. The molecule has 0 bridgehead atoms. The number of rotatable bonds is 6. The molecule has 2 aromatic carbocycles. The van der Waals surface area contributed by atoms with E-state index in [-0.39, 0.29) is 28.6 Å². The van der Waals surface area contributed by atoms with Gasteiger partial charge in [-0.15, -0.1) is 0 Å². The highest BCUT2D eigenvalue weighted by molar-refractivity contribution is 7.92. The molecule has 1 fully saturated rings. The zero-order valence-corrected chi connectivity index (χ0v) is 16.9. The molecule has 0 N–H and O–H groups in total. The average molecular weight is 412 g/mol. The Morgan fingerprint density at radius 3 is 2.11 bits per heavy atom. The van der Waals surface area contributed by atoms with E-state index < -0.39 is 25.1 Å². The molecule has 7 nitrogen and oxygen atoms in total. The Balaban J connectivity index is 1.81. The first-order valence-electron chi connectivity index (χ1n) is 8.23. The van der Waals surface area contributed by atoms with Crippen molar-refractivity contribution in [3.63, 3.8) is 0 Å². The Kier molecular flexibility index (Phi) is 5.20. The molecule has 2 aromatic rings. The summed E-state index contributed by atoms with van der Waals surface area (Å²) in [5.41, 5.74) is 0.775. The van der Waals surface area contributed by atoms with Crippen LogP contribution in [0.15, 0.2) is 52.3 Å². The van der Waals surface area contributed by atoms with Gasteiger partial charge in [-0.2, -0.15) is 4.31 Å². The number of sulfone groups is 1. The first kappa shape index (κ1) is 19.7. The van der Waals surface area contributed by atoms with E-state index in [1.54, 1.807) is 31.2 Å². The molecule has 0 saturated carbocycles. The van der Waals surface area contributed by atoms with Crippen LogP contribution in [0, 0.1) is 6.92 Å². The molecule has 0 amide bonds. The van der Waals surface area contributed by atoms with Crippen molar-refractivity contribution in [2.45, 2.75) is 22.0 Å². The number of nitrogens with zero attached hydrogens (tertiary/aromatic N) is 1. The van der Waals surface area contributed by atoms with E-state index in [0.29, 0.717) is 5.75 Å². The zero-order valence-electron chi connectivity index (χ0n) is 15.2. The van der Waals surface area contributed by atoms with Gasteiger partial charge >= 0.3 is 0 Å². The van der Waals surface area contributed by atoms with Crippen LogP contribution in [-0.2, 0) is 19.9 Å². The van der Waals surface area contributed by atoms with Crippen molar-refractivity contribution in [3.8, 4) is 11.5 Å². The second-order valence-corrected chi connectivity index (χ2v) is 10.5. The fraction of sp³-hybridized carbons (Fsp3) is 0.333. The normalized spacial score (nSPS) is 16.0. The summed E-state index contributed by atoms with van der Waals surface area (Å²) >= 11 is 0. The Morgan fingerprint density at radius 2 is 1.56 bits per heavy atom. The topological polar surface area (TPSA) is 90.0 Å². The van der Waals surface area contributed by atoms with Gasteiger partial charge in [0, 0.05) is 13.1 Å². The third-order valence-corrected chi connectivity index (χ3v) is 8.54. The van der Waals surface area contributed by atoms with Gasteiger partial charge in [0.15, 0.2) is 9.84 Å². The van der Waals surface area contributed by atoms with Crippen LogP contribution >= 0.6 is 0 Å². The Hall–Kier alpha value is -2.10. The van der Waals surface area contributed by atoms with Gasteiger partial charge in [0.05, 0.1) is 24.4 Å². The quantitative estimate of drug-likeness (QED) is 0.721. The molecule has 146 valence electrons. The van der Waals surface area contributed by atoms with Crippen molar-refractivity contribution in [3.05, 3.63) is 48.0 Å². The van der Waals surface area contributed by atoms with Crippen LogP contribution in [0.2, 0.25) is 0 Å². The molecule has 9 heteroatoms. The van der Waals surface area contributed by atoms with Gasteiger partial charge in [0.1, 0.15) is 16.4 Å². The number of benzene rings is 2. The van der Waals surface area contributed by atoms with Crippen molar-refractivity contribution in [1.29, 1.82) is 0 Å². The Labute approximate surface area is 159 Å². The maximum absolute atomic E-state index is 12.9. The van der Waals surface area contributed by atoms with Crippen LogP contribution in [0.1, 0.15) is 5.56 Å². The zero-order chi connectivity index (χ0) is 19.8. The average Bonchev–Trinajstić information content (AvgIpc) is 2.60. The second-order valence-electron chi connectivity index (χ2n) is 6.32. The van der Waals surface area contributed by atoms with Gasteiger partial charge in [0.2, 0.25) is 10.0 Å². The summed E-state index contributed by atoms with van der Waals surface area (Å²) in [7, 11) is -4.55. The van der Waals surface area contributed by atoms with E-state index in [1.807, 2.05) is 0 Å². The summed E-state index contributed by atoms with van der Waals surface area (Å²) in [6.07, 6.45) is 0. The number of hydrogen-bond acceptors (Lipinski definition) is 6. The molecule has 27 heavy (non-hydrogen) atoms.